The first-order valence-electron chi connectivity index (χ1n) is 8.50. The Balaban J connectivity index is 1.93. The monoisotopic (exact) mass is 381 g/mol. The molecule has 0 aliphatic heterocycles. The second-order valence-electron chi connectivity index (χ2n) is 5.92. The third-order valence-corrected chi connectivity index (χ3v) is 4.50. The molecule has 0 aliphatic rings. The van der Waals surface area contributed by atoms with Gasteiger partial charge in [0, 0.05) is 28.8 Å². The molecule has 0 bridgehead atoms. The smallest absolute Gasteiger partial charge is 0.191 e. The Bertz CT molecular complexity index is 711. The predicted octanol–water partition coefficient (Wildman–Crippen LogP) is 4.27. The molecule has 0 radical (unpaired) electrons. The summed E-state index contributed by atoms with van der Waals surface area (Å²) in [6, 6.07) is 5.57. The van der Waals surface area contributed by atoms with Crippen LogP contribution < -0.4 is 10.6 Å². The van der Waals surface area contributed by atoms with Crippen molar-refractivity contribution in [1.29, 1.82) is 0 Å². The second kappa shape index (κ2) is 9.68. The van der Waals surface area contributed by atoms with Crippen molar-refractivity contribution in [2.45, 2.75) is 39.7 Å². The van der Waals surface area contributed by atoms with Gasteiger partial charge in [0.1, 0.15) is 0 Å². The number of H-pyrrole nitrogens is 1. The van der Waals surface area contributed by atoms with Crippen LogP contribution in [0.15, 0.2) is 29.4 Å². The summed E-state index contributed by atoms with van der Waals surface area (Å²) in [7, 11) is 0. The van der Waals surface area contributed by atoms with Gasteiger partial charge in [-0.3, -0.25) is 10.1 Å². The molecule has 5 nitrogen and oxygen atoms in total. The highest BCUT2D eigenvalue weighted by molar-refractivity contribution is 6.35. The summed E-state index contributed by atoms with van der Waals surface area (Å²) < 4.78 is 0. The van der Waals surface area contributed by atoms with E-state index in [4.69, 9.17) is 23.2 Å². The van der Waals surface area contributed by atoms with Crippen LogP contribution in [0, 0.1) is 6.92 Å². The van der Waals surface area contributed by atoms with Gasteiger partial charge in [-0.25, -0.2) is 0 Å². The van der Waals surface area contributed by atoms with Crippen LogP contribution in [-0.2, 0) is 6.42 Å². The number of hydrogen-bond donors (Lipinski definition) is 3. The number of aromatic nitrogens is 2. The number of aliphatic imine (C=N–C) groups is 1. The lowest BCUT2D eigenvalue weighted by molar-refractivity contribution is 0.683. The van der Waals surface area contributed by atoms with Crippen molar-refractivity contribution in [3.05, 3.63) is 51.3 Å². The summed E-state index contributed by atoms with van der Waals surface area (Å²) in [5.74, 6) is 0.782. The maximum absolute atomic E-state index is 6.29. The van der Waals surface area contributed by atoms with E-state index in [1.165, 1.54) is 5.56 Å². The molecule has 1 atom stereocenters. The number of hydrogen-bond acceptors (Lipinski definition) is 2. The van der Waals surface area contributed by atoms with Crippen LogP contribution in [0.25, 0.3) is 0 Å². The van der Waals surface area contributed by atoms with Gasteiger partial charge in [-0.2, -0.15) is 5.10 Å². The fourth-order valence-corrected chi connectivity index (χ4v) is 3.12. The van der Waals surface area contributed by atoms with Gasteiger partial charge in [0.05, 0.1) is 12.2 Å². The average molecular weight is 382 g/mol. The third-order valence-electron chi connectivity index (χ3n) is 3.93. The molecule has 0 amide bonds. The van der Waals surface area contributed by atoms with Crippen LogP contribution in [-0.4, -0.2) is 29.2 Å². The lowest BCUT2D eigenvalue weighted by Gasteiger charge is -2.19. The van der Waals surface area contributed by atoms with Crippen molar-refractivity contribution in [3.8, 4) is 0 Å². The highest BCUT2D eigenvalue weighted by atomic mass is 35.5. The van der Waals surface area contributed by atoms with E-state index in [-0.39, 0.29) is 6.04 Å². The van der Waals surface area contributed by atoms with Crippen molar-refractivity contribution in [2.24, 2.45) is 4.99 Å². The van der Waals surface area contributed by atoms with Crippen LogP contribution in [0.3, 0.4) is 0 Å². The molecule has 0 saturated heterocycles. The second-order valence-corrected chi connectivity index (χ2v) is 6.76. The highest BCUT2D eigenvalue weighted by Crippen LogP contribution is 2.25. The molecule has 2 rings (SSSR count). The van der Waals surface area contributed by atoms with Crippen LogP contribution in [0.4, 0.5) is 0 Å². The van der Waals surface area contributed by atoms with Crippen molar-refractivity contribution < 1.29 is 0 Å². The summed E-state index contributed by atoms with van der Waals surface area (Å²) in [6.45, 7) is 7.67. The molecule has 25 heavy (non-hydrogen) atoms. The summed E-state index contributed by atoms with van der Waals surface area (Å²) >= 11 is 12.3. The summed E-state index contributed by atoms with van der Waals surface area (Å²) in [5.41, 5.74) is 3.36. The SMILES string of the molecule is CCNC(=NCCCc1cn[nH]c1C)NC(C)c1ccc(Cl)cc1Cl. The Morgan fingerprint density at radius 3 is 2.80 bits per heavy atom. The zero-order valence-corrected chi connectivity index (χ0v) is 16.4. The Hall–Kier alpha value is -1.72. The number of halogens is 2. The van der Waals surface area contributed by atoms with Crippen molar-refractivity contribution in [2.75, 3.05) is 13.1 Å². The van der Waals surface area contributed by atoms with Gasteiger partial charge in [0.2, 0.25) is 0 Å². The molecule has 3 N–H and O–H groups in total. The Kier molecular flexibility index (Phi) is 7.59. The first-order chi connectivity index (χ1) is 12.0. The minimum Gasteiger partial charge on any atom is -0.357 e. The molecule has 7 heteroatoms. The number of aryl methyl sites for hydroxylation is 2. The van der Waals surface area contributed by atoms with E-state index in [2.05, 4.69) is 32.7 Å². The van der Waals surface area contributed by atoms with Gasteiger partial charge < -0.3 is 10.6 Å². The van der Waals surface area contributed by atoms with Crippen molar-refractivity contribution in [1.82, 2.24) is 20.8 Å². The van der Waals surface area contributed by atoms with E-state index < -0.39 is 0 Å². The molecule has 136 valence electrons. The number of aromatic amines is 1. The Morgan fingerprint density at radius 1 is 1.36 bits per heavy atom. The number of rotatable bonds is 7. The van der Waals surface area contributed by atoms with Gasteiger partial charge in [-0.15, -0.1) is 0 Å². The average Bonchev–Trinajstić information content (AvgIpc) is 2.96. The maximum atomic E-state index is 6.29. The molecule has 0 aliphatic carbocycles. The summed E-state index contributed by atoms with van der Waals surface area (Å²) in [6.07, 6.45) is 3.81. The minimum absolute atomic E-state index is 0.0266. The molecule has 0 saturated carbocycles. The quantitative estimate of drug-likeness (QED) is 0.381. The zero-order valence-electron chi connectivity index (χ0n) is 14.9. The third kappa shape index (κ3) is 5.94. The van der Waals surface area contributed by atoms with Gasteiger partial charge in [0.15, 0.2) is 5.96 Å². The highest BCUT2D eigenvalue weighted by Gasteiger charge is 2.11. The van der Waals surface area contributed by atoms with Crippen LogP contribution >= 0.6 is 23.2 Å². The van der Waals surface area contributed by atoms with E-state index >= 15 is 0 Å². The lowest BCUT2D eigenvalue weighted by atomic mass is 10.1. The molecule has 0 spiro atoms. The lowest BCUT2D eigenvalue weighted by Crippen LogP contribution is -2.38. The topological polar surface area (TPSA) is 65.1 Å². The van der Waals surface area contributed by atoms with Crippen LogP contribution in [0.5, 0.6) is 0 Å². The first kappa shape index (κ1) is 19.6. The molecular formula is C18H25Cl2N5. The maximum Gasteiger partial charge on any atom is 0.191 e. The molecule has 1 unspecified atom stereocenters. The van der Waals surface area contributed by atoms with Crippen molar-refractivity contribution in [3.63, 3.8) is 0 Å². The van der Waals surface area contributed by atoms with E-state index in [1.54, 1.807) is 6.07 Å². The summed E-state index contributed by atoms with van der Waals surface area (Å²) in [5, 5.41) is 15.0. The Morgan fingerprint density at radius 2 is 2.16 bits per heavy atom. The van der Waals surface area contributed by atoms with E-state index in [9.17, 15) is 0 Å². The largest absolute Gasteiger partial charge is 0.357 e. The number of guanidine groups is 1. The predicted molar refractivity (Wildman–Crippen MR) is 106 cm³/mol. The minimum atomic E-state index is 0.0266. The van der Waals surface area contributed by atoms with Gasteiger partial charge in [-0.1, -0.05) is 29.3 Å². The number of benzene rings is 1. The molecule has 1 heterocycles. The zero-order chi connectivity index (χ0) is 18.2. The van der Waals surface area contributed by atoms with Gasteiger partial charge in [0.25, 0.3) is 0 Å². The van der Waals surface area contributed by atoms with Gasteiger partial charge >= 0.3 is 0 Å². The molecule has 1 aromatic carbocycles. The van der Waals surface area contributed by atoms with Crippen LogP contribution in [0.2, 0.25) is 10.0 Å². The van der Waals surface area contributed by atoms with Gasteiger partial charge in [-0.05, 0) is 56.9 Å². The summed E-state index contributed by atoms with van der Waals surface area (Å²) in [4.78, 5) is 4.65. The molecule has 1 aromatic heterocycles. The van der Waals surface area contributed by atoms with Crippen molar-refractivity contribution >= 4 is 29.2 Å². The molecule has 2 aromatic rings. The normalized spacial score (nSPS) is 12.9. The first-order valence-corrected chi connectivity index (χ1v) is 9.25. The standard InChI is InChI=1S/C18H25Cl2N5/c1-4-21-18(22-9-5-6-14-11-23-25-12(14)2)24-13(3)16-8-7-15(19)10-17(16)20/h7-8,10-11,13H,4-6,9H2,1-3H3,(H,23,25)(H2,21,22,24). The molecular weight excluding hydrogens is 357 g/mol. The number of nitrogens with one attached hydrogen (secondary N) is 3. The fourth-order valence-electron chi connectivity index (χ4n) is 2.54. The van der Waals surface area contributed by atoms with Crippen LogP contribution in [0.1, 0.15) is 43.1 Å². The van der Waals surface area contributed by atoms with E-state index in [1.807, 2.05) is 32.2 Å². The molecule has 0 fully saturated rings. The fraction of sp³-hybridized carbons (Fsp3) is 0.444. The Labute approximate surface area is 159 Å². The number of nitrogens with zero attached hydrogens (tertiary/aromatic N) is 2. The van der Waals surface area contributed by atoms with E-state index in [0.29, 0.717) is 10.0 Å². The van der Waals surface area contributed by atoms with E-state index in [0.717, 1.165) is 43.1 Å².